The molecule has 0 radical (unpaired) electrons. The van der Waals surface area contributed by atoms with E-state index in [9.17, 15) is 0 Å². The van der Waals surface area contributed by atoms with Gasteiger partial charge in [-0.3, -0.25) is 0 Å². The molecule has 0 atom stereocenters. The van der Waals surface area contributed by atoms with E-state index in [0.29, 0.717) is 3.33 Å². The Labute approximate surface area is 133 Å². The Morgan fingerprint density at radius 3 is 2.15 bits per heavy atom. The number of hydrogen-bond acceptors (Lipinski definition) is 2. The fraction of sp³-hybridized carbons (Fsp3) is 0.500. The maximum absolute atomic E-state index is 2.75. The van der Waals surface area contributed by atoms with Crippen LogP contribution in [0, 0.1) is 0 Å². The van der Waals surface area contributed by atoms with Gasteiger partial charge in [-0.15, -0.1) is 0 Å². The van der Waals surface area contributed by atoms with Gasteiger partial charge in [0, 0.05) is 0 Å². The van der Waals surface area contributed by atoms with Crippen molar-refractivity contribution in [2.45, 2.75) is 35.9 Å². The highest BCUT2D eigenvalue weighted by Crippen LogP contribution is 2.61. The van der Waals surface area contributed by atoms with Crippen molar-refractivity contribution in [2.75, 3.05) is 11.5 Å². The average Bonchev–Trinajstić information content (AvgIpc) is 2.59. The van der Waals surface area contributed by atoms with Crippen molar-refractivity contribution < 1.29 is 0 Å². The van der Waals surface area contributed by atoms with Gasteiger partial charge in [-0.1, -0.05) is 67.4 Å². The fourth-order valence-corrected chi connectivity index (χ4v) is 26.1. The smallest absolute Gasteiger partial charge is 0.106 e. The van der Waals surface area contributed by atoms with Crippen molar-refractivity contribution in [2.24, 2.45) is 0 Å². The zero-order chi connectivity index (χ0) is 14.4. The first-order valence-electron chi connectivity index (χ1n) is 7.47. The van der Waals surface area contributed by atoms with E-state index in [0.717, 1.165) is 0 Å². The molecule has 0 bridgehead atoms. The fourth-order valence-electron chi connectivity index (χ4n) is 3.95. The van der Waals surface area contributed by atoms with Gasteiger partial charge in [0.15, 0.2) is 0 Å². The third kappa shape index (κ3) is 2.03. The second-order valence-electron chi connectivity index (χ2n) is 6.94. The summed E-state index contributed by atoms with van der Waals surface area (Å²) in [4.78, 5) is 0. The van der Waals surface area contributed by atoms with Gasteiger partial charge in [-0.2, -0.15) is 23.5 Å². The molecule has 2 aliphatic rings. The van der Waals surface area contributed by atoms with Crippen LogP contribution in [0.1, 0.15) is 12.0 Å². The number of hydrogen-bond donors (Lipinski definition) is 0. The minimum atomic E-state index is -1.45. The molecule has 0 N–H and O–H groups in total. The van der Waals surface area contributed by atoms with Crippen LogP contribution in [0.4, 0.5) is 0 Å². The van der Waals surface area contributed by atoms with Crippen LogP contribution in [0.15, 0.2) is 36.0 Å². The van der Waals surface area contributed by atoms with E-state index in [1.54, 1.807) is 5.20 Å². The van der Waals surface area contributed by atoms with Crippen LogP contribution in [0.2, 0.25) is 26.2 Å². The molecule has 0 aromatic heterocycles. The topological polar surface area (TPSA) is 0 Å². The molecule has 4 heteroatoms. The van der Waals surface area contributed by atoms with Gasteiger partial charge in [0.25, 0.3) is 0 Å². The Bertz CT molecular complexity index is 529. The molecule has 0 saturated carbocycles. The lowest BCUT2D eigenvalue weighted by Crippen LogP contribution is -2.61. The van der Waals surface area contributed by atoms with Gasteiger partial charge in [0.1, 0.15) is 8.07 Å². The monoisotopic (exact) mass is 336 g/mol. The molecule has 1 saturated heterocycles. The van der Waals surface area contributed by atoms with Gasteiger partial charge in [0.05, 0.1) is 11.4 Å². The maximum Gasteiger partial charge on any atom is 0.106 e. The van der Waals surface area contributed by atoms with Crippen LogP contribution >= 0.6 is 23.5 Å². The maximum atomic E-state index is 2.75. The lowest BCUT2D eigenvalue weighted by molar-refractivity contribution is 1.10. The first kappa shape index (κ1) is 15.0. The van der Waals surface area contributed by atoms with Crippen LogP contribution in [-0.4, -0.2) is 31.0 Å². The molecule has 1 aromatic rings. The summed E-state index contributed by atoms with van der Waals surface area (Å²) in [5.41, 5.74) is 4.24. The van der Waals surface area contributed by atoms with Crippen molar-refractivity contribution in [3.8, 4) is 0 Å². The van der Waals surface area contributed by atoms with Crippen LogP contribution < -0.4 is 0 Å². The second-order valence-corrected chi connectivity index (χ2v) is 20.8. The number of thioether (sulfide) groups is 2. The Morgan fingerprint density at radius 2 is 1.55 bits per heavy atom. The molecule has 2 aliphatic heterocycles. The van der Waals surface area contributed by atoms with Crippen LogP contribution in [0.3, 0.4) is 0 Å². The van der Waals surface area contributed by atoms with Gasteiger partial charge < -0.3 is 0 Å². The lowest BCUT2D eigenvalue weighted by Gasteiger charge is -2.50. The highest BCUT2D eigenvalue weighted by Gasteiger charge is 2.63. The Morgan fingerprint density at radius 1 is 0.950 bits per heavy atom. The summed E-state index contributed by atoms with van der Waals surface area (Å²) >= 11 is 4.64. The van der Waals surface area contributed by atoms with Gasteiger partial charge in [-0.25, -0.2) is 0 Å². The molecule has 0 nitrogen and oxygen atoms in total. The molecule has 0 unspecified atom stereocenters. The summed E-state index contributed by atoms with van der Waals surface area (Å²) < 4.78 is 0.559. The Balaban J connectivity index is 2.10. The molecular weight excluding hydrogens is 312 g/mol. The van der Waals surface area contributed by atoms with E-state index in [4.69, 9.17) is 0 Å². The summed E-state index contributed by atoms with van der Waals surface area (Å²) in [6, 6.07) is 11.2. The summed E-state index contributed by atoms with van der Waals surface area (Å²) in [5.74, 6) is 2.74. The minimum Gasteiger partial charge on any atom is -0.150 e. The number of benzene rings is 1. The molecule has 0 aliphatic carbocycles. The van der Waals surface area contributed by atoms with E-state index in [1.807, 2.05) is 0 Å². The number of rotatable bonds is 1. The van der Waals surface area contributed by atoms with E-state index < -0.39 is 16.1 Å². The predicted molar refractivity (Wildman–Crippen MR) is 102 cm³/mol. The van der Waals surface area contributed by atoms with E-state index in [1.165, 1.54) is 23.5 Å². The SMILES string of the molecule is C[Si]1(C)C=C(c2ccccc2)[Si](C)(C)C12SCCCS2. The van der Waals surface area contributed by atoms with Gasteiger partial charge in [-0.05, 0) is 23.5 Å². The average molecular weight is 337 g/mol. The first-order valence-corrected chi connectivity index (χ1v) is 15.5. The van der Waals surface area contributed by atoms with Crippen LogP contribution in [-0.2, 0) is 0 Å². The van der Waals surface area contributed by atoms with E-state index in [2.05, 4.69) is 85.7 Å². The molecule has 108 valence electrons. The zero-order valence-corrected chi connectivity index (χ0v) is 16.5. The molecule has 3 rings (SSSR count). The first-order chi connectivity index (χ1) is 9.41. The lowest BCUT2D eigenvalue weighted by atomic mass is 10.2. The summed E-state index contributed by atoms with van der Waals surface area (Å²) in [6.45, 7) is 10.4. The quantitative estimate of drug-likeness (QED) is 0.645. The van der Waals surface area contributed by atoms with Crippen molar-refractivity contribution in [3.05, 3.63) is 41.6 Å². The molecule has 1 fully saturated rings. The summed E-state index contributed by atoms with van der Waals surface area (Å²) in [7, 11) is -2.79. The largest absolute Gasteiger partial charge is 0.150 e. The third-order valence-electron chi connectivity index (χ3n) is 4.83. The van der Waals surface area contributed by atoms with Crippen LogP contribution in [0.5, 0.6) is 0 Å². The molecule has 2 heterocycles. The van der Waals surface area contributed by atoms with Crippen molar-refractivity contribution >= 4 is 44.9 Å². The Kier molecular flexibility index (Phi) is 3.81. The highest BCUT2D eigenvalue weighted by molar-refractivity contribution is 8.24. The summed E-state index contributed by atoms with van der Waals surface area (Å²) in [6.07, 6.45) is 1.40. The standard InChI is InChI=1S/C16H24S2Si2/c1-19(2)13-15(14-9-6-5-7-10-14)20(3,4)16(19)17-11-8-12-18-16/h5-7,9-10,13H,8,11-12H2,1-4H3. The molecule has 1 spiro atoms. The van der Waals surface area contributed by atoms with Gasteiger partial charge in [0.2, 0.25) is 0 Å². The molecule has 1 aromatic carbocycles. The molecule has 0 amide bonds. The van der Waals surface area contributed by atoms with Crippen molar-refractivity contribution in [1.82, 2.24) is 0 Å². The van der Waals surface area contributed by atoms with Gasteiger partial charge >= 0.3 is 0 Å². The van der Waals surface area contributed by atoms with E-state index >= 15 is 0 Å². The summed E-state index contributed by atoms with van der Waals surface area (Å²) in [5, 5.41) is 1.73. The van der Waals surface area contributed by atoms with Crippen molar-refractivity contribution in [1.29, 1.82) is 0 Å². The van der Waals surface area contributed by atoms with Crippen LogP contribution in [0.25, 0.3) is 5.20 Å². The molecular formula is C16H24S2Si2. The predicted octanol–water partition coefficient (Wildman–Crippen LogP) is 5.22. The third-order valence-corrected chi connectivity index (χ3v) is 25.5. The Hall–Kier alpha value is 0.0938. The molecule has 20 heavy (non-hydrogen) atoms. The van der Waals surface area contributed by atoms with Crippen molar-refractivity contribution in [3.63, 3.8) is 0 Å². The zero-order valence-electron chi connectivity index (χ0n) is 12.9. The van der Waals surface area contributed by atoms with E-state index in [-0.39, 0.29) is 0 Å². The minimum absolute atomic E-state index is 0.559. The second kappa shape index (κ2) is 5.08. The normalized spacial score (nSPS) is 26.5. The highest BCUT2D eigenvalue weighted by atomic mass is 32.2.